The van der Waals surface area contributed by atoms with Gasteiger partial charge in [0.25, 0.3) is 0 Å². The lowest BCUT2D eigenvalue weighted by Gasteiger charge is -2.34. The molecule has 2 aliphatic rings. The molecule has 1 saturated heterocycles. The SMILES string of the molecule is COC(=O)[C@H]1CCCCN1CC(=O)NC1(C#N)CCCC1. The van der Waals surface area contributed by atoms with E-state index < -0.39 is 5.54 Å². The van der Waals surface area contributed by atoms with Crippen LogP contribution in [0.1, 0.15) is 44.9 Å². The van der Waals surface area contributed by atoms with Gasteiger partial charge in [0.15, 0.2) is 0 Å². The Hall–Kier alpha value is -1.61. The van der Waals surface area contributed by atoms with Gasteiger partial charge in [-0.3, -0.25) is 14.5 Å². The zero-order valence-corrected chi connectivity index (χ0v) is 12.6. The number of ether oxygens (including phenoxy) is 1. The second kappa shape index (κ2) is 6.90. The molecule has 2 rings (SSSR count). The summed E-state index contributed by atoms with van der Waals surface area (Å²) in [5, 5.41) is 12.2. The van der Waals surface area contributed by atoms with Crippen LogP contribution in [0.15, 0.2) is 0 Å². The van der Waals surface area contributed by atoms with Gasteiger partial charge in [0.1, 0.15) is 11.6 Å². The van der Waals surface area contributed by atoms with E-state index in [9.17, 15) is 14.9 Å². The number of nitriles is 1. The summed E-state index contributed by atoms with van der Waals surface area (Å²) >= 11 is 0. The summed E-state index contributed by atoms with van der Waals surface area (Å²) in [5.74, 6) is -0.451. The molecule has 0 aromatic rings. The Morgan fingerprint density at radius 1 is 1.33 bits per heavy atom. The number of amides is 1. The second-order valence-electron chi connectivity index (χ2n) is 5.95. The van der Waals surface area contributed by atoms with Gasteiger partial charge in [0, 0.05) is 0 Å². The number of hydrogen-bond acceptors (Lipinski definition) is 5. The first-order valence-electron chi connectivity index (χ1n) is 7.64. The quantitative estimate of drug-likeness (QED) is 0.781. The van der Waals surface area contributed by atoms with Crippen molar-refractivity contribution in [2.75, 3.05) is 20.2 Å². The van der Waals surface area contributed by atoms with Gasteiger partial charge in [-0.15, -0.1) is 0 Å². The standard InChI is InChI=1S/C15H23N3O3/c1-21-14(20)12-6-2-5-9-18(12)10-13(19)17-15(11-16)7-3-4-8-15/h12H,2-10H2,1H3,(H,17,19)/t12-/m1/s1. The maximum atomic E-state index is 12.2. The van der Waals surface area contributed by atoms with E-state index in [-0.39, 0.29) is 24.5 Å². The molecule has 0 aromatic heterocycles. The van der Waals surface area contributed by atoms with Crippen LogP contribution < -0.4 is 5.32 Å². The Labute approximate surface area is 125 Å². The zero-order chi connectivity index (χ0) is 15.3. The van der Waals surface area contributed by atoms with Crippen LogP contribution in [-0.2, 0) is 14.3 Å². The zero-order valence-electron chi connectivity index (χ0n) is 12.6. The van der Waals surface area contributed by atoms with Gasteiger partial charge >= 0.3 is 5.97 Å². The summed E-state index contributed by atoms with van der Waals surface area (Å²) in [6.07, 6.45) is 6.06. The molecule has 1 amide bonds. The van der Waals surface area contributed by atoms with Crippen molar-refractivity contribution in [3.63, 3.8) is 0 Å². The second-order valence-corrected chi connectivity index (χ2v) is 5.95. The number of esters is 1. The summed E-state index contributed by atoms with van der Waals surface area (Å²) in [4.78, 5) is 25.9. The molecule has 0 spiro atoms. The minimum atomic E-state index is -0.701. The number of carbonyl (C=O) groups excluding carboxylic acids is 2. The van der Waals surface area contributed by atoms with E-state index >= 15 is 0 Å². The number of nitrogens with one attached hydrogen (secondary N) is 1. The maximum Gasteiger partial charge on any atom is 0.323 e. The van der Waals surface area contributed by atoms with Crippen molar-refractivity contribution < 1.29 is 14.3 Å². The average Bonchev–Trinajstić information content (AvgIpc) is 2.96. The molecule has 1 aliphatic heterocycles. The number of hydrogen-bond donors (Lipinski definition) is 1. The van der Waals surface area contributed by atoms with Gasteiger partial charge < -0.3 is 10.1 Å². The molecule has 6 heteroatoms. The molecule has 1 N–H and O–H groups in total. The summed E-state index contributed by atoms with van der Waals surface area (Å²) < 4.78 is 4.81. The Kier molecular flexibility index (Phi) is 5.18. The number of likely N-dealkylation sites (tertiary alicyclic amines) is 1. The highest BCUT2D eigenvalue weighted by atomic mass is 16.5. The van der Waals surface area contributed by atoms with Crippen molar-refractivity contribution in [2.24, 2.45) is 0 Å². The molecule has 0 unspecified atom stereocenters. The van der Waals surface area contributed by atoms with E-state index in [0.29, 0.717) is 6.54 Å². The van der Waals surface area contributed by atoms with E-state index in [1.165, 1.54) is 7.11 Å². The molecule has 1 heterocycles. The fourth-order valence-electron chi connectivity index (χ4n) is 3.32. The summed E-state index contributed by atoms with van der Waals surface area (Å²) in [5.41, 5.74) is -0.701. The third kappa shape index (κ3) is 3.73. The minimum absolute atomic E-state index is 0.156. The molecule has 2 fully saturated rings. The Bertz CT molecular complexity index is 438. The van der Waals surface area contributed by atoms with Crippen LogP contribution in [0, 0.1) is 11.3 Å². The molecule has 0 radical (unpaired) electrons. The first kappa shape index (κ1) is 15.8. The largest absolute Gasteiger partial charge is 0.468 e. The highest BCUT2D eigenvalue weighted by molar-refractivity contribution is 5.81. The van der Waals surface area contributed by atoms with Crippen LogP contribution in [0.3, 0.4) is 0 Å². The van der Waals surface area contributed by atoms with Crippen molar-refractivity contribution in [1.82, 2.24) is 10.2 Å². The highest BCUT2D eigenvalue weighted by Crippen LogP contribution is 2.29. The minimum Gasteiger partial charge on any atom is -0.468 e. The summed E-state index contributed by atoms with van der Waals surface area (Å²) in [6, 6.07) is 1.91. The lowest BCUT2D eigenvalue weighted by molar-refractivity contribution is -0.148. The van der Waals surface area contributed by atoms with E-state index in [1.807, 2.05) is 4.90 Å². The predicted molar refractivity (Wildman–Crippen MR) is 76.2 cm³/mol. The van der Waals surface area contributed by atoms with E-state index in [4.69, 9.17) is 4.74 Å². The van der Waals surface area contributed by atoms with Crippen molar-refractivity contribution in [1.29, 1.82) is 5.26 Å². The average molecular weight is 293 g/mol. The van der Waals surface area contributed by atoms with Crippen LogP contribution in [-0.4, -0.2) is 48.6 Å². The molecule has 1 saturated carbocycles. The van der Waals surface area contributed by atoms with Crippen LogP contribution in [0.5, 0.6) is 0 Å². The van der Waals surface area contributed by atoms with Crippen LogP contribution in [0.25, 0.3) is 0 Å². The van der Waals surface area contributed by atoms with E-state index in [2.05, 4.69) is 11.4 Å². The number of piperidine rings is 1. The van der Waals surface area contributed by atoms with Crippen molar-refractivity contribution in [3.05, 3.63) is 0 Å². The third-order valence-electron chi connectivity index (χ3n) is 4.48. The molecule has 0 aromatic carbocycles. The number of nitrogens with zero attached hydrogens (tertiary/aromatic N) is 2. The molecular formula is C15H23N3O3. The van der Waals surface area contributed by atoms with Crippen LogP contribution >= 0.6 is 0 Å². The van der Waals surface area contributed by atoms with E-state index in [1.54, 1.807) is 0 Å². The van der Waals surface area contributed by atoms with Gasteiger partial charge in [0.2, 0.25) is 5.91 Å². The van der Waals surface area contributed by atoms with Gasteiger partial charge in [-0.25, -0.2) is 0 Å². The normalized spacial score (nSPS) is 25.0. The smallest absolute Gasteiger partial charge is 0.323 e. The Balaban J connectivity index is 1.94. The third-order valence-corrected chi connectivity index (χ3v) is 4.48. The van der Waals surface area contributed by atoms with Crippen LogP contribution in [0.2, 0.25) is 0 Å². The number of methoxy groups -OCH3 is 1. The highest BCUT2D eigenvalue weighted by Gasteiger charge is 2.37. The maximum absolute atomic E-state index is 12.2. The number of rotatable bonds is 4. The summed E-state index contributed by atoms with van der Waals surface area (Å²) in [6.45, 7) is 0.871. The van der Waals surface area contributed by atoms with Crippen molar-refractivity contribution in [2.45, 2.75) is 56.5 Å². The van der Waals surface area contributed by atoms with Gasteiger partial charge in [-0.2, -0.15) is 5.26 Å². The monoisotopic (exact) mass is 293 g/mol. The lowest BCUT2D eigenvalue weighted by atomic mass is 9.99. The molecule has 21 heavy (non-hydrogen) atoms. The Morgan fingerprint density at radius 2 is 2.05 bits per heavy atom. The molecule has 0 bridgehead atoms. The summed E-state index contributed by atoms with van der Waals surface area (Å²) in [7, 11) is 1.37. The topological polar surface area (TPSA) is 82.4 Å². The lowest BCUT2D eigenvalue weighted by Crippen LogP contribution is -2.53. The van der Waals surface area contributed by atoms with Gasteiger partial charge in [-0.05, 0) is 45.1 Å². The van der Waals surface area contributed by atoms with E-state index in [0.717, 1.165) is 44.9 Å². The van der Waals surface area contributed by atoms with Gasteiger partial charge in [0.05, 0.1) is 19.7 Å². The molecule has 6 nitrogen and oxygen atoms in total. The molecule has 1 aliphatic carbocycles. The first-order valence-corrected chi connectivity index (χ1v) is 7.64. The van der Waals surface area contributed by atoms with Crippen molar-refractivity contribution >= 4 is 11.9 Å². The van der Waals surface area contributed by atoms with Crippen molar-refractivity contribution in [3.8, 4) is 6.07 Å². The predicted octanol–water partition coefficient (Wildman–Crippen LogP) is 0.966. The molecule has 116 valence electrons. The Morgan fingerprint density at radius 3 is 2.67 bits per heavy atom. The fourth-order valence-corrected chi connectivity index (χ4v) is 3.32. The molecule has 1 atom stereocenters. The first-order chi connectivity index (χ1) is 10.1. The van der Waals surface area contributed by atoms with Gasteiger partial charge in [-0.1, -0.05) is 6.42 Å². The molecular weight excluding hydrogens is 270 g/mol. The van der Waals surface area contributed by atoms with Crippen LogP contribution in [0.4, 0.5) is 0 Å². The fraction of sp³-hybridized carbons (Fsp3) is 0.800. The number of carbonyl (C=O) groups is 2.